The van der Waals surface area contributed by atoms with Gasteiger partial charge in [0.2, 0.25) is 11.8 Å². The largest absolute Gasteiger partial charge is 0.322 e. The number of amides is 3. The second-order valence-corrected chi connectivity index (χ2v) is 7.53. The number of nitrogens with one attached hydrogen (secondary N) is 1. The van der Waals surface area contributed by atoms with Gasteiger partial charge < -0.3 is 5.32 Å². The predicted octanol–water partition coefficient (Wildman–Crippen LogP) is 3.69. The number of nitrogens with zero attached hydrogens (tertiary/aromatic N) is 2. The van der Waals surface area contributed by atoms with Crippen molar-refractivity contribution < 1.29 is 19.3 Å². The number of non-ortho nitro benzene ring substituents is 1. The first-order valence-corrected chi connectivity index (χ1v) is 9.54. The number of imide groups is 1. The van der Waals surface area contributed by atoms with Gasteiger partial charge in [0.25, 0.3) is 11.6 Å². The molecule has 0 bridgehead atoms. The predicted molar refractivity (Wildman–Crippen MR) is 110 cm³/mol. The van der Waals surface area contributed by atoms with Gasteiger partial charge in [0.1, 0.15) is 0 Å². The molecule has 4 rings (SSSR count). The Morgan fingerprint density at radius 1 is 1.10 bits per heavy atom. The summed E-state index contributed by atoms with van der Waals surface area (Å²) in [5, 5.41) is 13.5. The van der Waals surface area contributed by atoms with Gasteiger partial charge in [0.05, 0.1) is 22.4 Å². The zero-order valence-electron chi connectivity index (χ0n) is 16.2. The molecule has 2 aromatic carbocycles. The summed E-state index contributed by atoms with van der Waals surface area (Å²) in [5.41, 5.74) is 1.83. The smallest absolute Gasteiger partial charge is 0.271 e. The lowest BCUT2D eigenvalue weighted by atomic mass is 9.82. The van der Waals surface area contributed by atoms with E-state index in [0.717, 1.165) is 5.57 Å². The molecular formula is C22H19N3O5. The number of carbonyl (C=O) groups is 3. The third-order valence-electron chi connectivity index (χ3n) is 5.50. The van der Waals surface area contributed by atoms with Gasteiger partial charge in [-0.15, -0.1) is 0 Å². The van der Waals surface area contributed by atoms with Gasteiger partial charge in [-0.1, -0.05) is 23.8 Å². The molecule has 3 amide bonds. The van der Waals surface area contributed by atoms with Crippen LogP contribution in [0.25, 0.3) is 0 Å². The Labute approximate surface area is 172 Å². The summed E-state index contributed by atoms with van der Waals surface area (Å²) < 4.78 is 0. The van der Waals surface area contributed by atoms with Crippen LogP contribution in [0, 0.1) is 22.0 Å². The number of anilines is 2. The van der Waals surface area contributed by atoms with Crippen molar-refractivity contribution in [3.05, 3.63) is 75.9 Å². The highest BCUT2D eigenvalue weighted by atomic mass is 16.6. The molecule has 1 aliphatic heterocycles. The minimum Gasteiger partial charge on any atom is -0.322 e. The Hall–Kier alpha value is -3.81. The molecule has 1 fully saturated rings. The summed E-state index contributed by atoms with van der Waals surface area (Å²) in [6.07, 6.45) is 3.11. The maximum Gasteiger partial charge on any atom is 0.271 e. The van der Waals surface area contributed by atoms with Crippen molar-refractivity contribution in [3.63, 3.8) is 0 Å². The van der Waals surface area contributed by atoms with Crippen molar-refractivity contribution in [1.82, 2.24) is 0 Å². The van der Waals surface area contributed by atoms with Crippen LogP contribution in [0.15, 0.2) is 60.2 Å². The number of nitro groups is 1. The Morgan fingerprint density at radius 3 is 2.60 bits per heavy atom. The number of allylic oxidation sites excluding steroid dienone is 2. The van der Waals surface area contributed by atoms with E-state index in [-0.39, 0.29) is 40.6 Å². The summed E-state index contributed by atoms with van der Waals surface area (Å²) in [4.78, 5) is 49.9. The zero-order valence-corrected chi connectivity index (χ0v) is 16.2. The van der Waals surface area contributed by atoms with Crippen LogP contribution >= 0.6 is 0 Å². The van der Waals surface area contributed by atoms with Crippen LogP contribution in [0.4, 0.5) is 17.1 Å². The molecule has 2 atom stereocenters. The molecule has 1 aliphatic carbocycles. The summed E-state index contributed by atoms with van der Waals surface area (Å²) in [6.45, 7) is 1.95. The molecule has 1 N–H and O–H groups in total. The quantitative estimate of drug-likeness (QED) is 0.361. The zero-order chi connectivity index (χ0) is 21.4. The second kappa shape index (κ2) is 7.55. The van der Waals surface area contributed by atoms with Crippen molar-refractivity contribution in [2.75, 3.05) is 10.2 Å². The lowest BCUT2D eigenvalue weighted by molar-refractivity contribution is -0.384. The topological polar surface area (TPSA) is 110 Å². The normalized spacial score (nSPS) is 20.6. The van der Waals surface area contributed by atoms with Gasteiger partial charge in [-0.3, -0.25) is 29.4 Å². The SMILES string of the molecule is CC1=CC[C@H]2C(=O)N(c3cccc(C(=O)Nc4cccc([N+](=O)[O-])c4)c3)C(=O)[C@@H]2C1. The van der Waals surface area contributed by atoms with Crippen LogP contribution in [-0.4, -0.2) is 22.6 Å². The summed E-state index contributed by atoms with van der Waals surface area (Å²) >= 11 is 0. The minimum absolute atomic E-state index is 0.138. The molecule has 1 saturated heterocycles. The van der Waals surface area contributed by atoms with E-state index in [1.807, 2.05) is 13.0 Å². The van der Waals surface area contributed by atoms with Gasteiger partial charge in [0, 0.05) is 23.4 Å². The van der Waals surface area contributed by atoms with Crippen molar-refractivity contribution in [2.24, 2.45) is 11.8 Å². The lowest BCUT2D eigenvalue weighted by Crippen LogP contribution is -2.31. The second-order valence-electron chi connectivity index (χ2n) is 7.53. The monoisotopic (exact) mass is 405 g/mol. The first kappa shape index (κ1) is 19.5. The van der Waals surface area contributed by atoms with E-state index in [1.54, 1.807) is 24.3 Å². The highest BCUT2D eigenvalue weighted by Gasteiger charge is 2.48. The number of hydrogen-bond donors (Lipinski definition) is 1. The molecule has 1 heterocycles. The van der Waals surface area contributed by atoms with Crippen LogP contribution in [0.1, 0.15) is 30.1 Å². The molecule has 0 aromatic heterocycles. The molecule has 0 unspecified atom stereocenters. The van der Waals surface area contributed by atoms with Gasteiger partial charge in [-0.25, -0.2) is 0 Å². The number of nitro benzene ring substituents is 1. The maximum atomic E-state index is 12.9. The molecule has 8 heteroatoms. The highest BCUT2D eigenvalue weighted by molar-refractivity contribution is 6.22. The van der Waals surface area contributed by atoms with E-state index in [1.165, 1.54) is 29.2 Å². The number of hydrogen-bond acceptors (Lipinski definition) is 5. The number of benzene rings is 2. The highest BCUT2D eigenvalue weighted by Crippen LogP contribution is 2.39. The van der Waals surface area contributed by atoms with Crippen molar-refractivity contribution in [1.29, 1.82) is 0 Å². The standard InChI is InChI=1S/C22H19N3O5/c1-13-8-9-18-19(10-13)22(28)24(21(18)27)16-6-2-4-14(11-16)20(26)23-15-5-3-7-17(12-15)25(29)30/h2-8,11-12,18-19H,9-10H2,1H3,(H,23,26)/t18-,19-/m1/s1. The van der Waals surface area contributed by atoms with Crippen LogP contribution in [0.5, 0.6) is 0 Å². The molecular weight excluding hydrogens is 386 g/mol. The third-order valence-corrected chi connectivity index (χ3v) is 5.50. The van der Waals surface area contributed by atoms with Crippen LogP contribution in [0.3, 0.4) is 0 Å². The summed E-state index contributed by atoms with van der Waals surface area (Å²) in [5.74, 6) is -1.70. The Kier molecular flexibility index (Phi) is 4.91. The van der Waals surface area contributed by atoms with E-state index >= 15 is 0 Å². The van der Waals surface area contributed by atoms with E-state index in [4.69, 9.17) is 0 Å². The number of carbonyl (C=O) groups excluding carboxylic acids is 3. The Balaban J connectivity index is 1.57. The molecule has 8 nitrogen and oxygen atoms in total. The summed E-state index contributed by atoms with van der Waals surface area (Å²) in [6, 6.07) is 11.9. The molecule has 30 heavy (non-hydrogen) atoms. The van der Waals surface area contributed by atoms with Gasteiger partial charge in [-0.2, -0.15) is 0 Å². The maximum absolute atomic E-state index is 12.9. The van der Waals surface area contributed by atoms with Crippen LogP contribution in [0.2, 0.25) is 0 Å². The molecule has 152 valence electrons. The third kappa shape index (κ3) is 3.47. The van der Waals surface area contributed by atoms with Gasteiger partial charge in [0.15, 0.2) is 0 Å². The van der Waals surface area contributed by atoms with E-state index in [2.05, 4.69) is 5.32 Å². The fourth-order valence-corrected chi connectivity index (χ4v) is 3.98. The first-order chi connectivity index (χ1) is 14.3. The van der Waals surface area contributed by atoms with Gasteiger partial charge in [-0.05, 0) is 44.0 Å². The summed E-state index contributed by atoms with van der Waals surface area (Å²) in [7, 11) is 0. The molecule has 0 radical (unpaired) electrons. The van der Waals surface area contributed by atoms with E-state index in [9.17, 15) is 24.5 Å². The Morgan fingerprint density at radius 2 is 1.83 bits per heavy atom. The van der Waals surface area contributed by atoms with Crippen LogP contribution in [-0.2, 0) is 9.59 Å². The van der Waals surface area contributed by atoms with Crippen molar-refractivity contribution >= 4 is 34.8 Å². The average molecular weight is 405 g/mol. The first-order valence-electron chi connectivity index (χ1n) is 9.54. The fraction of sp³-hybridized carbons (Fsp3) is 0.227. The molecule has 0 saturated carbocycles. The Bertz CT molecular complexity index is 1110. The minimum atomic E-state index is -0.545. The lowest BCUT2D eigenvalue weighted by Gasteiger charge is -2.18. The molecule has 2 aliphatic rings. The number of rotatable bonds is 4. The van der Waals surface area contributed by atoms with E-state index < -0.39 is 10.8 Å². The molecule has 2 aromatic rings. The van der Waals surface area contributed by atoms with Crippen LogP contribution < -0.4 is 10.2 Å². The number of fused-ring (bicyclic) bond motifs is 1. The molecule has 0 spiro atoms. The van der Waals surface area contributed by atoms with E-state index in [0.29, 0.717) is 18.5 Å². The fourth-order valence-electron chi connectivity index (χ4n) is 3.98. The van der Waals surface area contributed by atoms with Crippen molar-refractivity contribution in [2.45, 2.75) is 19.8 Å². The van der Waals surface area contributed by atoms with Gasteiger partial charge >= 0.3 is 0 Å². The van der Waals surface area contributed by atoms with Crippen molar-refractivity contribution in [3.8, 4) is 0 Å². The average Bonchev–Trinajstić information content (AvgIpc) is 2.98.